The molecule has 2 heterocycles. The summed E-state index contributed by atoms with van der Waals surface area (Å²) in [6.45, 7) is 2.86. The summed E-state index contributed by atoms with van der Waals surface area (Å²) < 4.78 is 1.83. The van der Waals surface area contributed by atoms with Crippen LogP contribution in [0.4, 0.5) is 0 Å². The molecule has 0 aliphatic carbocycles. The second-order valence-corrected chi connectivity index (χ2v) is 8.34. The maximum Gasteiger partial charge on any atom is 0.257 e. The lowest BCUT2D eigenvalue weighted by atomic mass is 10.1. The number of aromatic nitrogens is 4. The zero-order valence-corrected chi connectivity index (χ0v) is 19.2. The Balaban J connectivity index is 1.46. The lowest BCUT2D eigenvalue weighted by Gasteiger charge is -2.17. The van der Waals surface area contributed by atoms with Crippen LogP contribution in [-0.4, -0.2) is 37.6 Å². The van der Waals surface area contributed by atoms with Crippen LogP contribution < -0.4 is 0 Å². The molecule has 168 valence electrons. The van der Waals surface area contributed by atoms with Gasteiger partial charge in [0.15, 0.2) is 0 Å². The van der Waals surface area contributed by atoms with Gasteiger partial charge in [0.1, 0.15) is 11.5 Å². The van der Waals surface area contributed by atoms with Crippen molar-refractivity contribution in [2.75, 3.05) is 7.05 Å². The number of benzene rings is 3. The van der Waals surface area contributed by atoms with Gasteiger partial charge in [0.25, 0.3) is 5.91 Å². The van der Waals surface area contributed by atoms with Crippen molar-refractivity contribution < 1.29 is 4.79 Å². The van der Waals surface area contributed by atoms with E-state index in [9.17, 15) is 4.79 Å². The molecule has 0 N–H and O–H groups in total. The van der Waals surface area contributed by atoms with Crippen molar-refractivity contribution in [3.63, 3.8) is 0 Å². The summed E-state index contributed by atoms with van der Waals surface area (Å²) in [4.78, 5) is 24.5. The third-order valence-corrected chi connectivity index (χ3v) is 5.79. The number of carbonyl (C=O) groups is 1. The van der Waals surface area contributed by atoms with Crippen molar-refractivity contribution in [1.82, 2.24) is 24.6 Å². The van der Waals surface area contributed by atoms with Crippen molar-refractivity contribution in [3.8, 4) is 11.3 Å². The average Bonchev–Trinajstić information content (AvgIpc) is 3.28. The normalized spacial score (nSPS) is 11.0. The second kappa shape index (κ2) is 9.27. The highest BCUT2D eigenvalue weighted by molar-refractivity contribution is 5.99. The number of amides is 1. The molecule has 6 nitrogen and oxygen atoms in total. The lowest BCUT2D eigenvalue weighted by Crippen LogP contribution is -2.27. The van der Waals surface area contributed by atoms with Gasteiger partial charge in [-0.25, -0.2) is 9.97 Å². The minimum absolute atomic E-state index is 0.118. The lowest BCUT2D eigenvalue weighted by molar-refractivity contribution is 0.0782. The van der Waals surface area contributed by atoms with Crippen LogP contribution in [0.15, 0.2) is 91.1 Å². The predicted molar refractivity (Wildman–Crippen MR) is 133 cm³/mol. The van der Waals surface area contributed by atoms with Crippen LogP contribution in [0.5, 0.6) is 0 Å². The summed E-state index contributed by atoms with van der Waals surface area (Å²) in [5.41, 5.74) is 5.04. The fourth-order valence-corrected chi connectivity index (χ4v) is 4.09. The third kappa shape index (κ3) is 4.43. The SMILES string of the molecule is Cc1nc(CN(C)C(=O)c2cn(Cc3ccccc3)nc2-c2ccccc2)nc2ccccc12. The molecule has 0 spiro atoms. The van der Waals surface area contributed by atoms with Gasteiger partial charge in [-0.3, -0.25) is 9.48 Å². The van der Waals surface area contributed by atoms with E-state index in [4.69, 9.17) is 5.10 Å². The molecule has 0 saturated heterocycles. The van der Waals surface area contributed by atoms with Crippen LogP contribution in [-0.2, 0) is 13.1 Å². The Morgan fingerprint density at radius 3 is 2.32 bits per heavy atom. The molecule has 5 aromatic rings. The zero-order valence-electron chi connectivity index (χ0n) is 19.2. The molecule has 1 amide bonds. The number of para-hydroxylation sites is 1. The topological polar surface area (TPSA) is 63.9 Å². The van der Waals surface area contributed by atoms with Crippen LogP contribution in [0.2, 0.25) is 0 Å². The summed E-state index contributed by atoms with van der Waals surface area (Å²) in [6, 6.07) is 27.8. The van der Waals surface area contributed by atoms with E-state index in [-0.39, 0.29) is 5.91 Å². The van der Waals surface area contributed by atoms with Crippen LogP contribution in [0.25, 0.3) is 22.2 Å². The molecule has 0 saturated carbocycles. The maximum absolute atomic E-state index is 13.6. The largest absolute Gasteiger partial charge is 0.334 e. The van der Waals surface area contributed by atoms with Crippen molar-refractivity contribution in [2.24, 2.45) is 0 Å². The third-order valence-electron chi connectivity index (χ3n) is 5.79. The summed E-state index contributed by atoms with van der Waals surface area (Å²) >= 11 is 0. The summed E-state index contributed by atoms with van der Waals surface area (Å²) in [5, 5.41) is 5.80. The Morgan fingerprint density at radius 2 is 1.56 bits per heavy atom. The molecule has 3 aromatic carbocycles. The number of carbonyl (C=O) groups excluding carboxylic acids is 1. The Kier molecular flexibility index (Phi) is 5.87. The zero-order chi connectivity index (χ0) is 23.5. The number of hydrogen-bond acceptors (Lipinski definition) is 4. The van der Waals surface area contributed by atoms with Crippen LogP contribution >= 0.6 is 0 Å². The van der Waals surface area contributed by atoms with Gasteiger partial charge in [-0.1, -0.05) is 78.9 Å². The summed E-state index contributed by atoms with van der Waals surface area (Å²) in [5.74, 6) is 0.498. The van der Waals surface area contributed by atoms with Gasteiger partial charge >= 0.3 is 0 Å². The van der Waals surface area contributed by atoms with Gasteiger partial charge in [0.2, 0.25) is 0 Å². The van der Waals surface area contributed by atoms with E-state index in [1.807, 2.05) is 90.6 Å². The van der Waals surface area contributed by atoms with Gasteiger partial charge < -0.3 is 4.90 Å². The predicted octanol–water partition coefficient (Wildman–Crippen LogP) is 5.12. The van der Waals surface area contributed by atoms with Gasteiger partial charge in [-0.05, 0) is 18.6 Å². The molecule has 0 aliphatic rings. The number of fused-ring (bicyclic) bond motifs is 1. The fraction of sp³-hybridized carbons (Fsp3) is 0.143. The molecule has 0 bridgehead atoms. The van der Waals surface area contributed by atoms with E-state index in [2.05, 4.69) is 22.1 Å². The first kappa shape index (κ1) is 21.5. The number of hydrogen-bond donors (Lipinski definition) is 0. The molecule has 0 fully saturated rings. The van der Waals surface area contributed by atoms with Crippen molar-refractivity contribution >= 4 is 16.8 Å². The Morgan fingerprint density at radius 1 is 0.882 bits per heavy atom. The van der Waals surface area contributed by atoms with Crippen molar-refractivity contribution in [3.05, 3.63) is 114 Å². The summed E-state index contributed by atoms with van der Waals surface area (Å²) in [6.07, 6.45) is 1.83. The van der Waals surface area contributed by atoms with E-state index >= 15 is 0 Å². The Labute approximate surface area is 198 Å². The highest BCUT2D eigenvalue weighted by Crippen LogP contribution is 2.24. The van der Waals surface area contributed by atoms with Crippen LogP contribution in [0, 0.1) is 6.92 Å². The van der Waals surface area contributed by atoms with Crippen LogP contribution in [0.1, 0.15) is 27.4 Å². The smallest absolute Gasteiger partial charge is 0.257 e. The van der Waals surface area contributed by atoms with Crippen LogP contribution in [0.3, 0.4) is 0 Å². The minimum atomic E-state index is -0.118. The first-order chi connectivity index (χ1) is 16.6. The van der Waals surface area contributed by atoms with E-state index in [1.54, 1.807) is 11.9 Å². The van der Waals surface area contributed by atoms with E-state index in [0.29, 0.717) is 30.2 Å². The number of aryl methyl sites for hydroxylation is 1. The van der Waals surface area contributed by atoms with Gasteiger partial charge in [0, 0.05) is 29.9 Å². The quantitative estimate of drug-likeness (QED) is 0.362. The van der Waals surface area contributed by atoms with Crippen molar-refractivity contribution in [1.29, 1.82) is 0 Å². The number of nitrogens with zero attached hydrogens (tertiary/aromatic N) is 5. The Hall–Kier alpha value is -4.32. The Bertz CT molecular complexity index is 1440. The monoisotopic (exact) mass is 447 g/mol. The molecule has 0 atom stereocenters. The van der Waals surface area contributed by atoms with Crippen molar-refractivity contribution in [2.45, 2.75) is 20.0 Å². The summed E-state index contributed by atoms with van der Waals surface area (Å²) in [7, 11) is 1.78. The molecule has 0 unspecified atom stereocenters. The van der Waals surface area contributed by atoms with Gasteiger partial charge in [-0.15, -0.1) is 0 Å². The molecular formula is C28H25N5O. The maximum atomic E-state index is 13.6. The first-order valence-corrected chi connectivity index (χ1v) is 11.2. The average molecular weight is 448 g/mol. The molecule has 34 heavy (non-hydrogen) atoms. The molecule has 0 radical (unpaired) electrons. The first-order valence-electron chi connectivity index (χ1n) is 11.2. The standard InChI is InChI=1S/C28H25N5O/c1-20-23-15-9-10-16-25(23)30-26(29-20)19-32(2)28(34)24-18-33(17-21-11-5-3-6-12-21)31-27(24)22-13-7-4-8-14-22/h3-16,18H,17,19H2,1-2H3. The van der Waals surface area contributed by atoms with Gasteiger partial charge in [-0.2, -0.15) is 5.10 Å². The molecule has 0 aliphatic heterocycles. The second-order valence-electron chi connectivity index (χ2n) is 8.34. The highest BCUT2D eigenvalue weighted by Gasteiger charge is 2.22. The minimum Gasteiger partial charge on any atom is -0.334 e. The van der Waals surface area contributed by atoms with E-state index in [1.165, 1.54) is 0 Å². The van der Waals surface area contributed by atoms with E-state index in [0.717, 1.165) is 27.7 Å². The molecule has 2 aromatic heterocycles. The van der Waals surface area contributed by atoms with E-state index < -0.39 is 0 Å². The van der Waals surface area contributed by atoms with Gasteiger partial charge in [0.05, 0.1) is 24.2 Å². The molecule has 5 rings (SSSR count). The molecular weight excluding hydrogens is 422 g/mol. The number of rotatable bonds is 6. The fourth-order valence-electron chi connectivity index (χ4n) is 4.09. The highest BCUT2D eigenvalue weighted by atomic mass is 16.2. The molecule has 6 heteroatoms.